The molecule has 2 nitrogen and oxygen atoms in total. The highest BCUT2D eigenvalue weighted by molar-refractivity contribution is 5.11. The quantitative estimate of drug-likeness (QED) is 0.710. The van der Waals surface area contributed by atoms with Gasteiger partial charge in [-0.3, -0.25) is 0 Å². The highest BCUT2D eigenvalue weighted by atomic mass is 16.5. The SMILES string of the molecule is CC12CCC(C1)C(C)(C)C2NCCCOCC1CC1. The van der Waals surface area contributed by atoms with Crippen LogP contribution in [0.4, 0.5) is 0 Å². The predicted molar refractivity (Wildman–Crippen MR) is 79.2 cm³/mol. The Morgan fingerprint density at radius 3 is 2.58 bits per heavy atom. The third kappa shape index (κ3) is 2.71. The van der Waals surface area contributed by atoms with Crippen molar-refractivity contribution >= 4 is 0 Å². The van der Waals surface area contributed by atoms with Crippen LogP contribution in [-0.2, 0) is 4.74 Å². The molecule has 0 spiro atoms. The fourth-order valence-corrected chi connectivity index (χ4v) is 4.77. The lowest BCUT2D eigenvalue weighted by atomic mass is 9.68. The first-order valence-corrected chi connectivity index (χ1v) is 8.33. The molecule has 3 fully saturated rings. The molecule has 0 aliphatic heterocycles. The molecule has 0 aromatic carbocycles. The molecule has 3 atom stereocenters. The number of hydrogen-bond donors (Lipinski definition) is 1. The summed E-state index contributed by atoms with van der Waals surface area (Å²) in [7, 11) is 0. The van der Waals surface area contributed by atoms with Gasteiger partial charge >= 0.3 is 0 Å². The lowest BCUT2D eigenvalue weighted by Crippen LogP contribution is -2.50. The molecule has 2 heteroatoms. The average molecular weight is 265 g/mol. The Bertz CT molecular complexity index is 318. The van der Waals surface area contributed by atoms with Crippen LogP contribution in [0.3, 0.4) is 0 Å². The maximum absolute atomic E-state index is 5.72. The van der Waals surface area contributed by atoms with Crippen molar-refractivity contribution < 1.29 is 4.74 Å². The molecule has 0 amide bonds. The smallest absolute Gasteiger partial charge is 0.0494 e. The van der Waals surface area contributed by atoms with Gasteiger partial charge in [0, 0.05) is 19.3 Å². The second-order valence-electron chi connectivity index (χ2n) is 8.17. The van der Waals surface area contributed by atoms with Gasteiger partial charge in [0.1, 0.15) is 0 Å². The molecule has 3 aliphatic rings. The molecule has 1 N–H and O–H groups in total. The topological polar surface area (TPSA) is 21.3 Å². The van der Waals surface area contributed by atoms with E-state index in [0.29, 0.717) is 16.9 Å². The van der Waals surface area contributed by atoms with Gasteiger partial charge in [0.05, 0.1) is 0 Å². The number of ether oxygens (including phenoxy) is 1. The van der Waals surface area contributed by atoms with Crippen LogP contribution in [0.15, 0.2) is 0 Å². The molecule has 0 aromatic heterocycles. The van der Waals surface area contributed by atoms with Gasteiger partial charge in [0.15, 0.2) is 0 Å². The van der Waals surface area contributed by atoms with E-state index in [2.05, 4.69) is 26.1 Å². The van der Waals surface area contributed by atoms with E-state index >= 15 is 0 Å². The summed E-state index contributed by atoms with van der Waals surface area (Å²) >= 11 is 0. The molecular formula is C17H31NO. The first kappa shape index (κ1) is 13.9. The zero-order valence-corrected chi connectivity index (χ0v) is 13.0. The summed E-state index contributed by atoms with van der Waals surface area (Å²) in [6, 6.07) is 0.710. The zero-order chi connectivity index (χ0) is 13.5. The van der Waals surface area contributed by atoms with Crippen LogP contribution in [0.1, 0.15) is 59.3 Å². The first-order chi connectivity index (χ1) is 9.02. The molecule has 2 bridgehead atoms. The largest absolute Gasteiger partial charge is 0.381 e. The minimum absolute atomic E-state index is 0.488. The summed E-state index contributed by atoms with van der Waals surface area (Å²) in [5.74, 6) is 1.84. The number of rotatable bonds is 7. The third-order valence-electron chi connectivity index (χ3n) is 6.13. The van der Waals surface area contributed by atoms with Crippen molar-refractivity contribution in [1.82, 2.24) is 5.32 Å². The van der Waals surface area contributed by atoms with Crippen LogP contribution >= 0.6 is 0 Å². The Balaban J connectivity index is 1.39. The fourth-order valence-electron chi connectivity index (χ4n) is 4.77. The van der Waals surface area contributed by atoms with Crippen molar-refractivity contribution in [2.75, 3.05) is 19.8 Å². The van der Waals surface area contributed by atoms with Gasteiger partial charge in [-0.05, 0) is 67.7 Å². The van der Waals surface area contributed by atoms with Crippen LogP contribution in [0.2, 0.25) is 0 Å². The Labute approximate surface area is 118 Å². The summed E-state index contributed by atoms with van der Waals surface area (Å²) in [6.07, 6.45) is 8.28. The molecule has 3 unspecified atom stereocenters. The van der Waals surface area contributed by atoms with Crippen LogP contribution in [0, 0.1) is 22.7 Å². The number of hydrogen-bond acceptors (Lipinski definition) is 2. The average Bonchev–Trinajstić information content (AvgIpc) is 3.04. The second kappa shape index (κ2) is 5.04. The van der Waals surface area contributed by atoms with Gasteiger partial charge in [-0.15, -0.1) is 0 Å². The van der Waals surface area contributed by atoms with E-state index < -0.39 is 0 Å². The maximum Gasteiger partial charge on any atom is 0.0494 e. The summed E-state index contributed by atoms with van der Waals surface area (Å²) in [5, 5.41) is 3.87. The van der Waals surface area contributed by atoms with E-state index in [1.54, 1.807) is 0 Å². The van der Waals surface area contributed by atoms with E-state index in [1.165, 1.54) is 38.5 Å². The predicted octanol–water partition coefficient (Wildman–Crippen LogP) is 3.61. The third-order valence-corrected chi connectivity index (χ3v) is 6.13. The minimum Gasteiger partial charge on any atom is -0.381 e. The fraction of sp³-hybridized carbons (Fsp3) is 1.00. The van der Waals surface area contributed by atoms with Gasteiger partial charge < -0.3 is 10.1 Å². The van der Waals surface area contributed by atoms with Crippen LogP contribution < -0.4 is 5.32 Å². The maximum atomic E-state index is 5.72. The molecule has 3 rings (SSSR count). The lowest BCUT2D eigenvalue weighted by molar-refractivity contribution is 0.0967. The van der Waals surface area contributed by atoms with Crippen LogP contribution in [0.5, 0.6) is 0 Å². The number of fused-ring (bicyclic) bond motifs is 2. The Hall–Kier alpha value is -0.0800. The van der Waals surface area contributed by atoms with E-state index in [1.807, 2.05) is 0 Å². The van der Waals surface area contributed by atoms with Crippen molar-refractivity contribution in [2.45, 2.75) is 65.3 Å². The molecule has 3 saturated carbocycles. The highest BCUT2D eigenvalue weighted by Crippen LogP contribution is 2.62. The molecule has 0 radical (unpaired) electrons. The van der Waals surface area contributed by atoms with E-state index in [-0.39, 0.29) is 0 Å². The van der Waals surface area contributed by atoms with Gasteiger partial charge in [-0.25, -0.2) is 0 Å². The Morgan fingerprint density at radius 1 is 1.16 bits per heavy atom. The number of nitrogens with one attached hydrogen (secondary N) is 1. The van der Waals surface area contributed by atoms with Crippen LogP contribution in [0.25, 0.3) is 0 Å². The summed E-state index contributed by atoms with van der Waals surface area (Å²) < 4.78 is 5.72. The van der Waals surface area contributed by atoms with Gasteiger partial charge in [-0.2, -0.15) is 0 Å². The van der Waals surface area contributed by atoms with Crippen molar-refractivity contribution in [3.8, 4) is 0 Å². The van der Waals surface area contributed by atoms with E-state index in [9.17, 15) is 0 Å². The Kier molecular flexibility index (Phi) is 3.68. The monoisotopic (exact) mass is 265 g/mol. The van der Waals surface area contributed by atoms with Crippen LogP contribution in [-0.4, -0.2) is 25.8 Å². The zero-order valence-electron chi connectivity index (χ0n) is 13.0. The van der Waals surface area contributed by atoms with E-state index in [0.717, 1.165) is 31.6 Å². The summed E-state index contributed by atoms with van der Waals surface area (Å²) in [6.45, 7) is 10.5. The summed E-state index contributed by atoms with van der Waals surface area (Å²) in [4.78, 5) is 0. The van der Waals surface area contributed by atoms with Crippen molar-refractivity contribution in [3.63, 3.8) is 0 Å². The van der Waals surface area contributed by atoms with Crippen molar-refractivity contribution in [3.05, 3.63) is 0 Å². The second-order valence-corrected chi connectivity index (χ2v) is 8.17. The molecule has 0 aromatic rings. The van der Waals surface area contributed by atoms with Gasteiger partial charge in [0.2, 0.25) is 0 Å². The first-order valence-electron chi connectivity index (χ1n) is 8.33. The normalized spacial score (nSPS) is 39.9. The standard InChI is InChI=1S/C17H31NO/c1-16(2)14-7-8-17(3,11-14)15(16)18-9-4-10-19-12-13-5-6-13/h13-15,18H,4-12H2,1-3H3. The molecule has 0 heterocycles. The Morgan fingerprint density at radius 2 is 1.95 bits per heavy atom. The van der Waals surface area contributed by atoms with E-state index in [4.69, 9.17) is 4.74 Å². The molecule has 3 aliphatic carbocycles. The van der Waals surface area contributed by atoms with Crippen molar-refractivity contribution in [1.29, 1.82) is 0 Å². The summed E-state index contributed by atoms with van der Waals surface area (Å²) in [5.41, 5.74) is 1.05. The van der Waals surface area contributed by atoms with Gasteiger partial charge in [-0.1, -0.05) is 20.8 Å². The van der Waals surface area contributed by atoms with Gasteiger partial charge in [0.25, 0.3) is 0 Å². The lowest BCUT2D eigenvalue weighted by Gasteiger charge is -2.43. The van der Waals surface area contributed by atoms with Crippen molar-refractivity contribution in [2.24, 2.45) is 22.7 Å². The molecule has 19 heavy (non-hydrogen) atoms. The molecule has 0 saturated heterocycles. The highest BCUT2D eigenvalue weighted by Gasteiger charge is 2.58. The molecule has 110 valence electrons. The molecular weight excluding hydrogens is 234 g/mol. The minimum atomic E-state index is 0.488.